The Balaban J connectivity index is 2.18. The van der Waals surface area contributed by atoms with Gasteiger partial charge in [0, 0.05) is 23.5 Å². The lowest BCUT2D eigenvalue weighted by Gasteiger charge is -2.35. The molecule has 0 radical (unpaired) electrons. The van der Waals surface area contributed by atoms with Gasteiger partial charge >= 0.3 is 12.1 Å². The summed E-state index contributed by atoms with van der Waals surface area (Å²) < 4.78 is 73.4. The van der Waals surface area contributed by atoms with Crippen molar-refractivity contribution < 1.29 is 36.5 Å². The Hall–Kier alpha value is -2.93. The van der Waals surface area contributed by atoms with Crippen LogP contribution < -0.4 is 5.30 Å². The van der Waals surface area contributed by atoms with Crippen LogP contribution in [-0.2, 0) is 29.0 Å². The second-order valence-electron chi connectivity index (χ2n) is 7.27. The zero-order valence-electron chi connectivity index (χ0n) is 18.6. The highest BCUT2D eigenvalue weighted by atomic mass is 31.2. The van der Waals surface area contributed by atoms with E-state index in [4.69, 9.17) is 14.0 Å². The first-order valence-corrected chi connectivity index (χ1v) is 12.1. The fraction of sp³-hybridized carbons (Fsp3) is 0.240. The minimum Gasteiger partial charge on any atom is -0.444 e. The Morgan fingerprint density at radius 3 is 1.85 bits per heavy atom. The van der Waals surface area contributed by atoms with E-state index in [0.29, 0.717) is 0 Å². The molecule has 3 aromatic rings. The highest BCUT2D eigenvalue weighted by molar-refractivity contribution is 7.67. The lowest BCUT2D eigenvalue weighted by atomic mass is 9.92. The molecule has 0 saturated carbocycles. The zero-order chi connectivity index (χ0) is 24.8. The van der Waals surface area contributed by atoms with Crippen LogP contribution in [0.2, 0.25) is 0 Å². The van der Waals surface area contributed by atoms with Crippen LogP contribution in [0.1, 0.15) is 23.9 Å². The third-order valence-electron chi connectivity index (χ3n) is 5.22. The van der Waals surface area contributed by atoms with Gasteiger partial charge in [-0.25, -0.2) is 4.79 Å². The van der Waals surface area contributed by atoms with E-state index in [-0.39, 0.29) is 17.5 Å². The van der Waals surface area contributed by atoms with Crippen LogP contribution in [0.4, 0.5) is 13.2 Å². The molecule has 0 aliphatic heterocycles. The summed E-state index contributed by atoms with van der Waals surface area (Å²) in [5.41, 5.74) is -3.68. The Morgan fingerprint density at radius 2 is 1.38 bits per heavy atom. The minimum absolute atomic E-state index is 0.0273. The molecule has 0 bridgehead atoms. The molecule has 180 valence electrons. The van der Waals surface area contributed by atoms with Crippen LogP contribution in [0.15, 0.2) is 91.0 Å². The maximum absolute atomic E-state index is 14.4. The number of hydrogen-bond acceptors (Lipinski definition) is 5. The Kier molecular flexibility index (Phi) is 7.97. The molecule has 9 heteroatoms. The third-order valence-corrected chi connectivity index (χ3v) is 7.90. The maximum Gasteiger partial charge on any atom is 0.432 e. The van der Waals surface area contributed by atoms with Gasteiger partial charge in [0.05, 0.1) is 6.61 Å². The zero-order valence-corrected chi connectivity index (χ0v) is 19.5. The number of halogens is 3. The van der Waals surface area contributed by atoms with Crippen LogP contribution in [0.25, 0.3) is 0 Å². The topological polar surface area (TPSA) is 61.8 Å². The van der Waals surface area contributed by atoms with Gasteiger partial charge in [-0.05, 0) is 19.1 Å². The number of ether oxygens (including phenoxy) is 2. The van der Waals surface area contributed by atoms with Gasteiger partial charge in [-0.3, -0.25) is 4.57 Å². The Morgan fingerprint density at radius 1 is 0.882 bits per heavy atom. The van der Waals surface area contributed by atoms with Crippen molar-refractivity contribution >= 4 is 18.6 Å². The van der Waals surface area contributed by atoms with E-state index in [0.717, 1.165) is 19.2 Å². The monoisotopic (exact) mass is 492 g/mol. The maximum atomic E-state index is 14.4. The lowest BCUT2D eigenvalue weighted by Crippen LogP contribution is -2.52. The molecule has 3 aromatic carbocycles. The molecule has 0 fully saturated rings. The highest BCUT2D eigenvalue weighted by Crippen LogP contribution is 2.60. The molecule has 34 heavy (non-hydrogen) atoms. The quantitative estimate of drug-likeness (QED) is 0.272. The van der Waals surface area contributed by atoms with Gasteiger partial charge in [0.1, 0.15) is 0 Å². The van der Waals surface area contributed by atoms with Crippen molar-refractivity contribution in [3.8, 4) is 0 Å². The molecular formula is C25H24F3O5P. The first kappa shape index (κ1) is 25.7. The van der Waals surface area contributed by atoms with Crippen LogP contribution in [-0.4, -0.2) is 25.9 Å². The number of methoxy groups -OCH3 is 1. The normalized spacial score (nSPS) is 16.1. The van der Waals surface area contributed by atoms with Gasteiger partial charge in [-0.2, -0.15) is 13.2 Å². The molecular weight excluding hydrogens is 468 g/mol. The van der Waals surface area contributed by atoms with Gasteiger partial charge in [-0.1, -0.05) is 78.9 Å². The minimum atomic E-state index is -5.18. The molecule has 0 amide bonds. The summed E-state index contributed by atoms with van der Waals surface area (Å²) >= 11 is 0. The first-order valence-electron chi connectivity index (χ1n) is 10.4. The number of rotatable bonds is 9. The van der Waals surface area contributed by atoms with E-state index in [2.05, 4.69) is 0 Å². The summed E-state index contributed by atoms with van der Waals surface area (Å²) in [4.78, 5) is 13.4. The van der Waals surface area contributed by atoms with Crippen molar-refractivity contribution in [2.24, 2.45) is 0 Å². The van der Waals surface area contributed by atoms with Crippen LogP contribution in [0.3, 0.4) is 0 Å². The number of hydrogen-bond donors (Lipinski definition) is 0. The number of benzene rings is 3. The average Bonchev–Trinajstić information content (AvgIpc) is 2.84. The fourth-order valence-electron chi connectivity index (χ4n) is 3.63. The number of carbonyl (C=O) groups is 1. The predicted molar refractivity (Wildman–Crippen MR) is 122 cm³/mol. The third kappa shape index (κ3) is 4.80. The van der Waals surface area contributed by atoms with Crippen molar-refractivity contribution in [1.82, 2.24) is 0 Å². The van der Waals surface area contributed by atoms with Gasteiger partial charge in [0.2, 0.25) is 5.85 Å². The van der Waals surface area contributed by atoms with Crippen LogP contribution in [0.5, 0.6) is 0 Å². The molecule has 0 saturated heterocycles. The van der Waals surface area contributed by atoms with Gasteiger partial charge in [-0.15, -0.1) is 0 Å². The second-order valence-corrected chi connectivity index (χ2v) is 9.71. The first-order chi connectivity index (χ1) is 16.2. The van der Waals surface area contributed by atoms with Gasteiger partial charge in [0.25, 0.3) is 13.0 Å². The van der Waals surface area contributed by atoms with E-state index >= 15 is 0 Å². The van der Waals surface area contributed by atoms with Crippen LogP contribution >= 0.6 is 7.37 Å². The summed E-state index contributed by atoms with van der Waals surface area (Å²) in [6, 6.07) is 22.3. The summed E-state index contributed by atoms with van der Waals surface area (Å²) in [6.45, 7) is 1.57. The smallest absolute Gasteiger partial charge is 0.432 e. The van der Waals surface area contributed by atoms with Crippen molar-refractivity contribution in [3.63, 3.8) is 0 Å². The van der Waals surface area contributed by atoms with Crippen LogP contribution in [0, 0.1) is 0 Å². The Labute approximate surface area is 195 Å². The predicted octanol–water partition coefficient (Wildman–Crippen LogP) is 5.97. The average molecular weight is 492 g/mol. The molecule has 3 atom stereocenters. The Bertz CT molecular complexity index is 1120. The standard InChI is InChI=1S/C25H24F3O5P/c1-3-32-34(30,21-17-11-6-12-18-21)22(19-13-7-4-8-14-19)33-23(29)24(31-2,25(26,27)28)20-15-9-5-10-16-20/h4-18,22H,3H2,1-2H3/t22-,24-,34?/m1/s1. The summed E-state index contributed by atoms with van der Waals surface area (Å²) in [5, 5.41) is 0.202. The number of alkyl halides is 3. The molecule has 0 heterocycles. The van der Waals surface area contributed by atoms with E-state index in [1.165, 1.54) is 42.5 Å². The summed E-state index contributed by atoms with van der Waals surface area (Å²) in [5.74, 6) is -3.40. The largest absolute Gasteiger partial charge is 0.444 e. The van der Waals surface area contributed by atoms with E-state index in [1.54, 1.807) is 43.3 Å². The lowest BCUT2D eigenvalue weighted by molar-refractivity contribution is -0.277. The number of carbonyl (C=O) groups excluding carboxylic acids is 1. The van der Waals surface area contributed by atoms with Crippen molar-refractivity contribution in [3.05, 3.63) is 102 Å². The second kappa shape index (κ2) is 10.6. The van der Waals surface area contributed by atoms with Crippen molar-refractivity contribution in [1.29, 1.82) is 0 Å². The molecule has 0 spiro atoms. The molecule has 1 unspecified atom stereocenters. The fourth-order valence-corrected chi connectivity index (χ4v) is 5.95. The van der Waals surface area contributed by atoms with E-state index in [1.807, 2.05) is 0 Å². The van der Waals surface area contributed by atoms with Crippen molar-refractivity contribution in [2.45, 2.75) is 24.5 Å². The molecule has 0 N–H and O–H groups in total. The molecule has 0 aliphatic rings. The molecule has 0 aromatic heterocycles. The SMILES string of the molecule is CCOP(=O)(c1ccccc1)[C@@H](OC(=O)[C@](OC)(c1ccccc1)C(F)(F)F)c1ccccc1. The van der Waals surface area contributed by atoms with Gasteiger partial charge in [0.15, 0.2) is 0 Å². The molecule has 0 aliphatic carbocycles. The summed E-state index contributed by atoms with van der Waals surface area (Å²) in [7, 11) is -3.27. The highest BCUT2D eigenvalue weighted by Gasteiger charge is 2.65. The van der Waals surface area contributed by atoms with E-state index in [9.17, 15) is 22.5 Å². The van der Waals surface area contributed by atoms with Gasteiger partial charge < -0.3 is 14.0 Å². The molecule has 3 rings (SSSR count). The molecule has 5 nitrogen and oxygen atoms in total. The van der Waals surface area contributed by atoms with E-state index < -0.39 is 36.5 Å². The number of esters is 1. The summed E-state index contributed by atoms with van der Waals surface area (Å²) in [6.07, 6.45) is -5.18. The van der Waals surface area contributed by atoms with Crippen molar-refractivity contribution in [2.75, 3.05) is 13.7 Å².